The van der Waals surface area contributed by atoms with Crippen LogP contribution in [0.1, 0.15) is 27.6 Å². The molecule has 0 aliphatic rings. The molecular weight excluding hydrogens is 351 g/mol. The summed E-state index contributed by atoms with van der Waals surface area (Å²) < 4.78 is 38.6. The number of fused-ring (bicyclic) bond motifs is 1. The minimum atomic E-state index is -4.44. The summed E-state index contributed by atoms with van der Waals surface area (Å²) in [5.74, 6) is -0.535. The molecule has 1 unspecified atom stereocenters. The second kappa shape index (κ2) is 6.85. The topological polar surface area (TPSA) is 49.3 Å². The molecule has 1 heterocycles. The Hall–Kier alpha value is -2.38. The monoisotopic (exact) mass is 365 g/mol. The average molecular weight is 365 g/mol. The lowest BCUT2D eigenvalue weighted by Crippen LogP contribution is -2.28. The Balaban J connectivity index is 1.65. The maximum Gasteiger partial charge on any atom is 0.416 e. The van der Waals surface area contributed by atoms with E-state index >= 15 is 0 Å². The zero-order chi connectivity index (χ0) is 18.0. The van der Waals surface area contributed by atoms with Crippen molar-refractivity contribution in [2.45, 2.75) is 12.3 Å². The van der Waals surface area contributed by atoms with Gasteiger partial charge in [-0.15, -0.1) is 11.3 Å². The number of rotatable bonds is 4. The number of benzene rings is 2. The van der Waals surface area contributed by atoms with Gasteiger partial charge >= 0.3 is 6.18 Å². The molecule has 7 heteroatoms. The van der Waals surface area contributed by atoms with Crippen molar-refractivity contribution in [2.24, 2.45) is 0 Å². The van der Waals surface area contributed by atoms with E-state index in [-0.39, 0.29) is 12.1 Å². The lowest BCUT2D eigenvalue weighted by atomic mass is 10.1. The first-order valence-electron chi connectivity index (χ1n) is 7.46. The first-order valence-corrected chi connectivity index (χ1v) is 8.34. The molecule has 3 nitrogen and oxygen atoms in total. The van der Waals surface area contributed by atoms with Crippen molar-refractivity contribution in [3.8, 4) is 0 Å². The molecule has 130 valence electrons. The van der Waals surface area contributed by atoms with Crippen LogP contribution in [-0.2, 0) is 6.18 Å². The Labute approximate surface area is 145 Å². The molecule has 0 aliphatic heterocycles. The summed E-state index contributed by atoms with van der Waals surface area (Å²) >= 11 is 1.50. The van der Waals surface area contributed by atoms with Gasteiger partial charge in [-0.3, -0.25) is 4.79 Å². The van der Waals surface area contributed by atoms with Gasteiger partial charge in [0.1, 0.15) is 0 Å². The Morgan fingerprint density at radius 2 is 1.80 bits per heavy atom. The van der Waals surface area contributed by atoms with Crippen LogP contribution in [0.25, 0.3) is 10.1 Å². The highest BCUT2D eigenvalue weighted by Crippen LogP contribution is 2.30. The van der Waals surface area contributed by atoms with Crippen molar-refractivity contribution in [3.63, 3.8) is 0 Å². The molecule has 0 fully saturated rings. The van der Waals surface area contributed by atoms with Crippen LogP contribution in [-0.4, -0.2) is 17.6 Å². The van der Waals surface area contributed by atoms with Crippen LogP contribution in [0.4, 0.5) is 13.2 Å². The van der Waals surface area contributed by atoms with Gasteiger partial charge in [0, 0.05) is 22.4 Å². The van der Waals surface area contributed by atoms with E-state index in [0.717, 1.165) is 34.4 Å². The van der Waals surface area contributed by atoms with Gasteiger partial charge in [0.25, 0.3) is 5.91 Å². The van der Waals surface area contributed by atoms with Gasteiger partial charge in [-0.1, -0.05) is 18.2 Å². The molecule has 0 radical (unpaired) electrons. The third kappa shape index (κ3) is 3.83. The number of alkyl halides is 3. The maximum atomic E-state index is 12.5. The largest absolute Gasteiger partial charge is 0.416 e. The molecule has 0 aliphatic carbocycles. The predicted octanol–water partition coefficient (Wildman–Crippen LogP) is 4.38. The first kappa shape index (κ1) is 17.4. The normalized spacial score (nSPS) is 13.0. The van der Waals surface area contributed by atoms with Gasteiger partial charge in [0.05, 0.1) is 11.7 Å². The fourth-order valence-electron chi connectivity index (χ4n) is 2.47. The molecule has 0 saturated carbocycles. The first-order chi connectivity index (χ1) is 11.9. The van der Waals surface area contributed by atoms with E-state index in [1.807, 2.05) is 29.6 Å². The highest BCUT2D eigenvalue weighted by Gasteiger charge is 2.30. The summed E-state index contributed by atoms with van der Waals surface area (Å²) in [6.07, 6.45) is -5.33. The molecule has 1 aromatic heterocycles. The van der Waals surface area contributed by atoms with E-state index in [2.05, 4.69) is 5.32 Å². The van der Waals surface area contributed by atoms with E-state index in [0.29, 0.717) is 5.56 Å². The summed E-state index contributed by atoms with van der Waals surface area (Å²) in [7, 11) is 0. The second-order valence-electron chi connectivity index (χ2n) is 5.49. The summed E-state index contributed by atoms with van der Waals surface area (Å²) in [6.45, 7) is -0.0272. The zero-order valence-corrected chi connectivity index (χ0v) is 13.7. The number of carbonyl (C=O) groups is 1. The summed E-state index contributed by atoms with van der Waals surface area (Å²) in [4.78, 5) is 12.0. The molecule has 1 amide bonds. The third-order valence-corrected chi connectivity index (χ3v) is 4.78. The summed E-state index contributed by atoms with van der Waals surface area (Å²) in [5.41, 5.74) is 0.0116. The molecule has 25 heavy (non-hydrogen) atoms. The number of aliphatic hydroxyl groups is 1. The molecule has 0 saturated heterocycles. The van der Waals surface area contributed by atoms with Crippen LogP contribution in [0.2, 0.25) is 0 Å². The van der Waals surface area contributed by atoms with Gasteiger partial charge in [-0.25, -0.2) is 0 Å². The predicted molar refractivity (Wildman–Crippen MR) is 90.6 cm³/mol. The number of thiophene rings is 1. The standard InChI is InChI=1S/C18H14F3NO2S/c19-18(20,21)12-7-5-11(6-8-12)17(24)22-9-15(23)14-10-25-16-4-2-1-3-13(14)16/h1-8,10,15,23H,9H2,(H,22,24). The molecule has 0 spiro atoms. The average Bonchev–Trinajstić information content (AvgIpc) is 3.03. The van der Waals surface area contributed by atoms with E-state index < -0.39 is 23.8 Å². The number of hydrogen-bond donors (Lipinski definition) is 2. The van der Waals surface area contributed by atoms with Crippen LogP contribution in [0.3, 0.4) is 0 Å². The molecule has 3 rings (SSSR count). The fraction of sp³-hybridized carbons (Fsp3) is 0.167. The van der Waals surface area contributed by atoms with Crippen molar-refractivity contribution in [1.82, 2.24) is 5.32 Å². The summed E-state index contributed by atoms with van der Waals surface area (Å²) in [5, 5.41) is 15.6. The van der Waals surface area contributed by atoms with Gasteiger partial charge in [0.15, 0.2) is 0 Å². The van der Waals surface area contributed by atoms with Crippen molar-refractivity contribution in [3.05, 3.63) is 70.6 Å². The maximum absolute atomic E-state index is 12.5. The number of aliphatic hydroxyl groups excluding tert-OH is 1. The minimum absolute atomic E-state index is 0.0272. The number of hydrogen-bond acceptors (Lipinski definition) is 3. The number of amides is 1. The van der Waals surface area contributed by atoms with E-state index in [9.17, 15) is 23.1 Å². The van der Waals surface area contributed by atoms with E-state index in [1.54, 1.807) is 0 Å². The molecule has 3 aromatic rings. The second-order valence-corrected chi connectivity index (χ2v) is 6.40. The summed E-state index contributed by atoms with van der Waals surface area (Å²) in [6, 6.07) is 11.6. The third-order valence-electron chi connectivity index (χ3n) is 3.80. The smallest absolute Gasteiger partial charge is 0.387 e. The van der Waals surface area contributed by atoms with Crippen molar-refractivity contribution < 1.29 is 23.1 Å². The Morgan fingerprint density at radius 3 is 2.48 bits per heavy atom. The number of nitrogens with one attached hydrogen (secondary N) is 1. The highest BCUT2D eigenvalue weighted by atomic mass is 32.1. The Bertz CT molecular complexity index is 887. The number of halogens is 3. The molecule has 2 aromatic carbocycles. The minimum Gasteiger partial charge on any atom is -0.387 e. The molecule has 0 bridgehead atoms. The lowest BCUT2D eigenvalue weighted by Gasteiger charge is -2.12. The van der Waals surface area contributed by atoms with Crippen molar-refractivity contribution >= 4 is 27.3 Å². The van der Waals surface area contributed by atoms with E-state index in [4.69, 9.17) is 0 Å². The van der Waals surface area contributed by atoms with E-state index in [1.165, 1.54) is 11.3 Å². The van der Waals surface area contributed by atoms with Crippen LogP contribution < -0.4 is 5.32 Å². The van der Waals surface area contributed by atoms with Crippen LogP contribution in [0, 0.1) is 0 Å². The SMILES string of the molecule is O=C(NCC(O)c1csc2ccccc12)c1ccc(C(F)(F)F)cc1. The fourth-order valence-corrected chi connectivity index (χ4v) is 3.48. The van der Waals surface area contributed by atoms with Gasteiger partial charge in [-0.05, 0) is 41.1 Å². The van der Waals surface area contributed by atoms with Crippen molar-refractivity contribution in [2.75, 3.05) is 6.54 Å². The van der Waals surface area contributed by atoms with Crippen LogP contribution in [0.5, 0.6) is 0 Å². The van der Waals surface area contributed by atoms with Crippen LogP contribution in [0.15, 0.2) is 53.9 Å². The van der Waals surface area contributed by atoms with Gasteiger partial charge in [-0.2, -0.15) is 13.2 Å². The van der Waals surface area contributed by atoms with Crippen LogP contribution >= 0.6 is 11.3 Å². The molecule has 2 N–H and O–H groups in total. The highest BCUT2D eigenvalue weighted by molar-refractivity contribution is 7.17. The zero-order valence-electron chi connectivity index (χ0n) is 12.9. The molecule has 1 atom stereocenters. The number of carbonyl (C=O) groups excluding carboxylic acids is 1. The van der Waals surface area contributed by atoms with Gasteiger partial charge < -0.3 is 10.4 Å². The quantitative estimate of drug-likeness (QED) is 0.721. The molecular formula is C18H14F3NO2S. The van der Waals surface area contributed by atoms with Crippen molar-refractivity contribution in [1.29, 1.82) is 0 Å². The Kier molecular flexibility index (Phi) is 4.78. The Morgan fingerprint density at radius 1 is 1.12 bits per heavy atom. The lowest BCUT2D eigenvalue weighted by molar-refractivity contribution is -0.137. The van der Waals surface area contributed by atoms with Gasteiger partial charge in [0.2, 0.25) is 0 Å².